The van der Waals surface area contributed by atoms with Gasteiger partial charge in [-0.1, -0.05) is 59.1 Å². The summed E-state index contributed by atoms with van der Waals surface area (Å²) in [7, 11) is 0. The van der Waals surface area contributed by atoms with Crippen molar-refractivity contribution in [1.29, 1.82) is 5.26 Å². The highest BCUT2D eigenvalue weighted by molar-refractivity contribution is 14.1. The van der Waals surface area contributed by atoms with E-state index in [9.17, 15) is 10.1 Å². The van der Waals surface area contributed by atoms with Crippen molar-refractivity contribution in [2.45, 2.75) is 13.5 Å². The Bertz CT molecular complexity index is 1210. The number of hydrogen-bond acceptors (Lipinski definition) is 3. The minimum Gasteiger partial charge on any atom is -0.487 e. The van der Waals surface area contributed by atoms with Gasteiger partial charge in [0.25, 0.3) is 5.91 Å². The molecule has 0 atom stereocenters. The lowest BCUT2D eigenvalue weighted by molar-refractivity contribution is -0.112. The molecule has 0 aromatic heterocycles. The molecule has 0 heterocycles. The van der Waals surface area contributed by atoms with Crippen LogP contribution in [-0.4, -0.2) is 5.91 Å². The first-order valence-electron chi connectivity index (χ1n) is 9.33. The van der Waals surface area contributed by atoms with Crippen LogP contribution in [0.1, 0.15) is 16.7 Å². The molecule has 0 bridgehead atoms. The summed E-state index contributed by atoms with van der Waals surface area (Å²) < 4.78 is 7.79. The molecule has 3 aromatic rings. The van der Waals surface area contributed by atoms with E-state index in [0.717, 1.165) is 18.5 Å². The van der Waals surface area contributed by atoms with Crippen LogP contribution in [0.2, 0.25) is 10.0 Å². The molecule has 4 nitrogen and oxygen atoms in total. The summed E-state index contributed by atoms with van der Waals surface area (Å²) in [5, 5.41) is 12.7. The van der Waals surface area contributed by atoms with Crippen molar-refractivity contribution < 1.29 is 9.53 Å². The molecule has 0 aliphatic rings. The van der Waals surface area contributed by atoms with Crippen molar-refractivity contribution in [1.82, 2.24) is 0 Å². The SMILES string of the molecule is Cc1cccc(COc2c(I)cc(/C=C(\C#N)C(=O)Nc3c(Cl)cccc3Cl)cc2I)c1. The summed E-state index contributed by atoms with van der Waals surface area (Å²) in [4.78, 5) is 12.6. The van der Waals surface area contributed by atoms with E-state index < -0.39 is 5.91 Å². The summed E-state index contributed by atoms with van der Waals surface area (Å²) in [6, 6.07) is 18.7. The molecule has 3 aromatic carbocycles. The molecule has 0 radical (unpaired) electrons. The zero-order valence-corrected chi connectivity index (χ0v) is 22.6. The molecule has 1 amide bonds. The fourth-order valence-electron chi connectivity index (χ4n) is 2.87. The first-order chi connectivity index (χ1) is 15.3. The predicted octanol–water partition coefficient (Wildman–Crippen LogP) is 7.64. The maximum atomic E-state index is 12.6. The Morgan fingerprint density at radius 2 is 1.72 bits per heavy atom. The van der Waals surface area contributed by atoms with Gasteiger partial charge in [0.15, 0.2) is 0 Å². The van der Waals surface area contributed by atoms with Crippen LogP contribution in [0.15, 0.2) is 60.2 Å². The van der Waals surface area contributed by atoms with Crippen LogP contribution < -0.4 is 10.1 Å². The summed E-state index contributed by atoms with van der Waals surface area (Å²) in [6.45, 7) is 2.49. The topological polar surface area (TPSA) is 62.1 Å². The fourth-order valence-corrected chi connectivity index (χ4v) is 5.49. The number of para-hydroxylation sites is 1. The Hall–Kier alpha value is -1.80. The highest BCUT2D eigenvalue weighted by Crippen LogP contribution is 2.32. The molecule has 0 saturated heterocycles. The zero-order valence-electron chi connectivity index (χ0n) is 16.8. The first kappa shape index (κ1) is 24.8. The zero-order chi connectivity index (χ0) is 23.3. The number of amides is 1. The van der Waals surface area contributed by atoms with Gasteiger partial charge in [-0.05, 0) is 93.6 Å². The fraction of sp³-hybridized carbons (Fsp3) is 0.0833. The van der Waals surface area contributed by atoms with E-state index in [2.05, 4.69) is 56.6 Å². The number of aryl methyl sites for hydroxylation is 1. The van der Waals surface area contributed by atoms with E-state index in [-0.39, 0.29) is 11.3 Å². The minimum absolute atomic E-state index is 0.0685. The van der Waals surface area contributed by atoms with Gasteiger partial charge < -0.3 is 10.1 Å². The van der Waals surface area contributed by atoms with Gasteiger partial charge in [-0.15, -0.1) is 0 Å². The van der Waals surface area contributed by atoms with Crippen LogP contribution in [0.3, 0.4) is 0 Å². The highest BCUT2D eigenvalue weighted by atomic mass is 127. The van der Waals surface area contributed by atoms with Gasteiger partial charge in [0.05, 0.1) is 22.9 Å². The Labute approximate surface area is 223 Å². The van der Waals surface area contributed by atoms with Crippen LogP contribution in [0.5, 0.6) is 5.75 Å². The van der Waals surface area contributed by atoms with Gasteiger partial charge >= 0.3 is 0 Å². The van der Waals surface area contributed by atoms with Gasteiger partial charge in [-0.25, -0.2) is 0 Å². The molecule has 0 aliphatic carbocycles. The highest BCUT2D eigenvalue weighted by Gasteiger charge is 2.15. The lowest BCUT2D eigenvalue weighted by Crippen LogP contribution is -2.14. The number of nitrogens with zero attached hydrogens (tertiary/aromatic N) is 1. The molecular weight excluding hydrogens is 673 g/mol. The maximum absolute atomic E-state index is 12.6. The number of rotatable bonds is 6. The summed E-state index contributed by atoms with van der Waals surface area (Å²) >= 11 is 16.6. The van der Waals surface area contributed by atoms with Gasteiger partial charge in [-0.3, -0.25) is 4.79 Å². The Morgan fingerprint density at radius 3 is 2.31 bits per heavy atom. The lowest BCUT2D eigenvalue weighted by atomic mass is 10.1. The van der Waals surface area contributed by atoms with Gasteiger partial charge in [0.2, 0.25) is 0 Å². The number of halogens is 4. The largest absolute Gasteiger partial charge is 0.487 e. The van der Waals surface area contributed by atoms with Crippen LogP contribution in [-0.2, 0) is 11.4 Å². The summed E-state index contributed by atoms with van der Waals surface area (Å²) in [5.41, 5.74) is 3.17. The average Bonchev–Trinajstić information content (AvgIpc) is 2.74. The van der Waals surface area contributed by atoms with E-state index in [4.69, 9.17) is 27.9 Å². The van der Waals surface area contributed by atoms with Crippen molar-refractivity contribution in [2.75, 3.05) is 5.32 Å². The average molecular weight is 689 g/mol. The van der Waals surface area contributed by atoms with E-state index in [1.807, 2.05) is 43.3 Å². The maximum Gasteiger partial charge on any atom is 0.266 e. The van der Waals surface area contributed by atoms with Crippen molar-refractivity contribution >= 4 is 86.1 Å². The number of nitrogens with one attached hydrogen (secondary N) is 1. The number of ether oxygens (including phenoxy) is 1. The van der Waals surface area contributed by atoms with Crippen LogP contribution in [0.4, 0.5) is 5.69 Å². The number of carbonyl (C=O) groups excluding carboxylic acids is 1. The Balaban J connectivity index is 1.80. The third-order valence-corrected chi connectivity index (χ3v) is 6.60. The van der Waals surface area contributed by atoms with Crippen molar-refractivity contribution in [3.63, 3.8) is 0 Å². The quantitative estimate of drug-likeness (QED) is 0.165. The molecule has 0 spiro atoms. The molecule has 1 N–H and O–H groups in total. The van der Waals surface area contributed by atoms with Crippen molar-refractivity contribution in [3.8, 4) is 11.8 Å². The van der Waals surface area contributed by atoms with E-state index in [1.165, 1.54) is 11.6 Å². The molecular formula is C24H16Cl2I2N2O2. The first-order valence-corrected chi connectivity index (χ1v) is 12.2. The lowest BCUT2D eigenvalue weighted by Gasteiger charge is -2.12. The smallest absolute Gasteiger partial charge is 0.266 e. The van der Waals surface area contributed by atoms with Crippen LogP contribution >= 0.6 is 68.4 Å². The van der Waals surface area contributed by atoms with Gasteiger partial charge in [0, 0.05) is 0 Å². The molecule has 3 rings (SSSR count). The third kappa shape index (κ3) is 6.38. The van der Waals surface area contributed by atoms with Gasteiger partial charge in [0.1, 0.15) is 24.0 Å². The number of benzene rings is 3. The summed E-state index contributed by atoms with van der Waals surface area (Å²) in [5.74, 6) is 0.169. The van der Waals surface area contributed by atoms with E-state index in [1.54, 1.807) is 18.2 Å². The van der Waals surface area contributed by atoms with Crippen LogP contribution in [0.25, 0.3) is 6.08 Å². The summed E-state index contributed by atoms with van der Waals surface area (Å²) in [6.07, 6.45) is 1.52. The molecule has 0 saturated carbocycles. The number of nitriles is 1. The van der Waals surface area contributed by atoms with Crippen LogP contribution in [0, 0.1) is 25.4 Å². The van der Waals surface area contributed by atoms with E-state index in [0.29, 0.717) is 22.2 Å². The number of hydrogen-bond donors (Lipinski definition) is 1. The minimum atomic E-state index is -0.590. The molecule has 8 heteroatoms. The second kappa shape index (κ2) is 11.4. The standard InChI is InChI=1S/C24H16Cl2I2N2O2/c1-14-4-2-5-15(8-14)13-32-23-20(27)10-16(11-21(23)28)9-17(12-29)24(31)30-22-18(25)6-3-7-19(22)26/h2-11H,13H2,1H3,(H,30,31)/b17-9+. The monoisotopic (exact) mass is 688 g/mol. The second-order valence-electron chi connectivity index (χ2n) is 6.81. The van der Waals surface area contributed by atoms with Gasteiger partial charge in [-0.2, -0.15) is 5.26 Å². The number of carbonyl (C=O) groups is 1. The molecule has 32 heavy (non-hydrogen) atoms. The normalized spacial score (nSPS) is 11.1. The molecule has 162 valence electrons. The molecule has 0 aliphatic heterocycles. The third-order valence-electron chi connectivity index (χ3n) is 4.36. The van der Waals surface area contributed by atoms with Crippen molar-refractivity contribution in [2.24, 2.45) is 0 Å². The Morgan fingerprint density at radius 1 is 1.09 bits per heavy atom. The predicted molar refractivity (Wildman–Crippen MR) is 146 cm³/mol. The number of anilines is 1. The van der Waals surface area contributed by atoms with E-state index >= 15 is 0 Å². The molecule has 0 fully saturated rings. The van der Waals surface area contributed by atoms with Crippen molar-refractivity contribution in [3.05, 3.63) is 94.0 Å². The Kier molecular flexibility index (Phi) is 8.82. The second-order valence-corrected chi connectivity index (χ2v) is 9.95. The molecule has 0 unspecified atom stereocenters.